The lowest BCUT2D eigenvalue weighted by Crippen LogP contribution is -2.26. The minimum atomic E-state index is 0.231. The number of anilines is 1. The van der Waals surface area contributed by atoms with E-state index >= 15 is 0 Å². The molecule has 2 N–H and O–H groups in total. The quantitative estimate of drug-likeness (QED) is 0.524. The maximum atomic E-state index is 5.75. The Morgan fingerprint density at radius 2 is 2.10 bits per heavy atom. The fourth-order valence-electron chi connectivity index (χ4n) is 4.32. The molecule has 0 unspecified atom stereocenters. The summed E-state index contributed by atoms with van der Waals surface area (Å²) in [6.07, 6.45) is 6.45. The number of hydrogen-bond acceptors (Lipinski definition) is 6. The van der Waals surface area contributed by atoms with E-state index < -0.39 is 0 Å². The maximum Gasteiger partial charge on any atom is 0.179 e. The fraction of sp³-hybridized carbons (Fsp3) is 0.455. The third-order valence-electron chi connectivity index (χ3n) is 6.08. The summed E-state index contributed by atoms with van der Waals surface area (Å²) in [5, 5.41) is 8.36. The molecule has 3 aromatic heterocycles. The first-order chi connectivity index (χ1) is 14.7. The van der Waals surface area contributed by atoms with Crippen LogP contribution in [0.4, 0.5) is 5.82 Å². The number of hydrogen-bond donors (Lipinski definition) is 2. The van der Waals surface area contributed by atoms with Gasteiger partial charge in [-0.2, -0.15) is 5.10 Å². The highest BCUT2D eigenvalue weighted by Crippen LogP contribution is 2.40. The molecule has 8 heteroatoms. The van der Waals surface area contributed by atoms with E-state index in [1.54, 1.807) is 0 Å². The van der Waals surface area contributed by atoms with Crippen molar-refractivity contribution >= 4 is 28.0 Å². The largest absolute Gasteiger partial charge is 0.378 e. The van der Waals surface area contributed by atoms with Gasteiger partial charge in [0.25, 0.3) is 0 Å². The number of imidazole rings is 1. The number of rotatable bonds is 5. The van der Waals surface area contributed by atoms with Gasteiger partial charge < -0.3 is 15.0 Å². The Bertz CT molecular complexity index is 1180. The van der Waals surface area contributed by atoms with Crippen molar-refractivity contribution in [2.24, 2.45) is 0 Å². The summed E-state index contributed by atoms with van der Waals surface area (Å²) in [6.45, 7) is 3.43. The Morgan fingerprint density at radius 1 is 1.20 bits per heavy atom. The molecule has 0 bridgehead atoms. The molecule has 0 amide bonds. The second-order valence-electron chi connectivity index (χ2n) is 8.45. The first-order valence-electron chi connectivity index (χ1n) is 10.8. The van der Waals surface area contributed by atoms with Crippen LogP contribution in [0.3, 0.4) is 0 Å². The SMILES string of the molecule is C[C@H]1C[C@H](n2nc(NCc3nc4ccccc4[nH]3)c3ncc(C4CC4)nc32)CCO1. The van der Waals surface area contributed by atoms with Crippen molar-refractivity contribution in [3.63, 3.8) is 0 Å². The summed E-state index contributed by atoms with van der Waals surface area (Å²) in [5.74, 6) is 2.20. The normalized spacial score (nSPS) is 22.0. The summed E-state index contributed by atoms with van der Waals surface area (Å²) in [4.78, 5) is 17.8. The van der Waals surface area contributed by atoms with E-state index in [1.807, 2.05) is 30.5 Å². The molecule has 4 aromatic rings. The average molecular weight is 403 g/mol. The van der Waals surface area contributed by atoms with Gasteiger partial charge in [0.1, 0.15) is 5.82 Å². The van der Waals surface area contributed by atoms with Gasteiger partial charge in [-0.05, 0) is 44.7 Å². The summed E-state index contributed by atoms with van der Waals surface area (Å²) >= 11 is 0. The van der Waals surface area contributed by atoms with Gasteiger partial charge in [-0.25, -0.2) is 19.6 Å². The van der Waals surface area contributed by atoms with Gasteiger partial charge in [0.05, 0.1) is 35.4 Å². The van der Waals surface area contributed by atoms with E-state index in [9.17, 15) is 0 Å². The predicted molar refractivity (Wildman–Crippen MR) is 114 cm³/mol. The second kappa shape index (κ2) is 7.05. The van der Waals surface area contributed by atoms with Crippen LogP contribution < -0.4 is 5.32 Å². The molecule has 1 saturated carbocycles. The highest BCUT2D eigenvalue weighted by molar-refractivity contribution is 5.83. The summed E-state index contributed by atoms with van der Waals surface area (Å²) in [6, 6.07) is 8.33. The van der Waals surface area contributed by atoms with Crippen molar-refractivity contribution in [2.45, 2.75) is 57.2 Å². The van der Waals surface area contributed by atoms with Crippen LogP contribution in [-0.2, 0) is 11.3 Å². The lowest BCUT2D eigenvalue weighted by Gasteiger charge is -2.27. The number of benzene rings is 1. The monoisotopic (exact) mass is 403 g/mol. The zero-order valence-electron chi connectivity index (χ0n) is 17.0. The Labute approximate surface area is 174 Å². The van der Waals surface area contributed by atoms with Crippen LogP contribution >= 0.6 is 0 Å². The van der Waals surface area contributed by atoms with Crippen LogP contribution in [0, 0.1) is 0 Å². The third-order valence-corrected chi connectivity index (χ3v) is 6.08. The van der Waals surface area contributed by atoms with E-state index in [0.29, 0.717) is 12.5 Å². The van der Waals surface area contributed by atoms with Crippen molar-refractivity contribution in [3.8, 4) is 0 Å². The summed E-state index contributed by atoms with van der Waals surface area (Å²) < 4.78 is 7.83. The van der Waals surface area contributed by atoms with Crippen LogP contribution in [0.15, 0.2) is 30.5 Å². The van der Waals surface area contributed by atoms with Gasteiger partial charge in [0, 0.05) is 18.7 Å². The van der Waals surface area contributed by atoms with Crippen molar-refractivity contribution in [1.82, 2.24) is 29.7 Å². The van der Waals surface area contributed by atoms with Crippen LogP contribution in [0.2, 0.25) is 0 Å². The Hall–Kier alpha value is -3.00. The van der Waals surface area contributed by atoms with Gasteiger partial charge in [-0.15, -0.1) is 0 Å². The number of H-pyrrole nitrogens is 1. The van der Waals surface area contributed by atoms with Crippen molar-refractivity contribution in [1.29, 1.82) is 0 Å². The lowest BCUT2D eigenvalue weighted by atomic mass is 10.0. The Morgan fingerprint density at radius 3 is 2.93 bits per heavy atom. The van der Waals surface area contributed by atoms with Crippen molar-refractivity contribution in [3.05, 3.63) is 42.0 Å². The van der Waals surface area contributed by atoms with Crippen LogP contribution in [0.25, 0.3) is 22.2 Å². The molecule has 1 aliphatic carbocycles. The molecule has 1 aromatic carbocycles. The topological polar surface area (TPSA) is 93.5 Å². The fourth-order valence-corrected chi connectivity index (χ4v) is 4.32. The van der Waals surface area contributed by atoms with E-state index in [2.05, 4.69) is 26.9 Å². The molecule has 0 spiro atoms. The molecular weight excluding hydrogens is 378 g/mol. The zero-order valence-corrected chi connectivity index (χ0v) is 17.0. The van der Waals surface area contributed by atoms with Crippen molar-refractivity contribution < 1.29 is 4.74 Å². The number of nitrogens with zero attached hydrogens (tertiary/aromatic N) is 5. The van der Waals surface area contributed by atoms with Gasteiger partial charge >= 0.3 is 0 Å². The first-order valence-corrected chi connectivity index (χ1v) is 10.8. The van der Waals surface area contributed by atoms with Gasteiger partial charge in [0.15, 0.2) is 17.0 Å². The molecule has 2 fully saturated rings. The van der Waals surface area contributed by atoms with E-state index in [-0.39, 0.29) is 12.1 Å². The van der Waals surface area contributed by atoms with E-state index in [4.69, 9.17) is 19.8 Å². The second-order valence-corrected chi connectivity index (χ2v) is 8.45. The third kappa shape index (κ3) is 3.21. The number of nitrogens with one attached hydrogen (secondary N) is 2. The van der Waals surface area contributed by atoms with Gasteiger partial charge in [0.2, 0.25) is 0 Å². The molecule has 8 nitrogen and oxygen atoms in total. The Kier molecular flexibility index (Phi) is 4.19. The first kappa shape index (κ1) is 17.8. The van der Waals surface area contributed by atoms with Crippen molar-refractivity contribution in [2.75, 3.05) is 11.9 Å². The lowest BCUT2D eigenvalue weighted by molar-refractivity contribution is 0.00436. The molecule has 1 saturated heterocycles. The van der Waals surface area contributed by atoms with Gasteiger partial charge in [-0.3, -0.25) is 0 Å². The highest BCUT2D eigenvalue weighted by atomic mass is 16.5. The predicted octanol–water partition coefficient (Wildman–Crippen LogP) is 3.93. The maximum absolute atomic E-state index is 5.75. The molecule has 1 aliphatic heterocycles. The van der Waals surface area contributed by atoms with E-state index in [1.165, 1.54) is 12.8 Å². The zero-order chi connectivity index (χ0) is 20.1. The highest BCUT2D eigenvalue weighted by Gasteiger charge is 2.29. The molecule has 0 radical (unpaired) electrons. The summed E-state index contributed by atoms with van der Waals surface area (Å²) in [7, 11) is 0. The Balaban J connectivity index is 1.34. The number of ether oxygens (including phenoxy) is 1. The molecular formula is C22H25N7O. The number of aromatic amines is 1. The standard InChI is InChI=1S/C22H25N7O/c1-13-10-15(8-9-30-13)29-22-20(23-11-18(27-22)14-6-7-14)21(28-29)24-12-19-25-16-4-2-3-5-17(16)26-19/h2-5,11,13-15H,6-10,12H2,1H3,(H,24,28)(H,25,26)/t13-,15+/m0/s1. The molecule has 6 rings (SSSR count). The van der Waals surface area contributed by atoms with Crippen LogP contribution in [-0.4, -0.2) is 42.4 Å². The smallest absolute Gasteiger partial charge is 0.179 e. The molecule has 4 heterocycles. The number of para-hydroxylation sites is 2. The number of aromatic nitrogens is 6. The van der Waals surface area contributed by atoms with Crippen LogP contribution in [0.5, 0.6) is 0 Å². The minimum absolute atomic E-state index is 0.231. The molecule has 2 aliphatic rings. The molecule has 154 valence electrons. The molecule has 30 heavy (non-hydrogen) atoms. The van der Waals surface area contributed by atoms with Gasteiger partial charge in [-0.1, -0.05) is 12.1 Å². The molecule has 2 atom stereocenters. The minimum Gasteiger partial charge on any atom is -0.378 e. The average Bonchev–Trinajstić information content (AvgIpc) is 3.43. The number of fused-ring (bicyclic) bond motifs is 2. The van der Waals surface area contributed by atoms with E-state index in [0.717, 1.165) is 59.0 Å². The summed E-state index contributed by atoms with van der Waals surface area (Å²) in [5.41, 5.74) is 4.80. The van der Waals surface area contributed by atoms with Crippen LogP contribution in [0.1, 0.15) is 56.1 Å².